The molecule has 33 heavy (non-hydrogen) atoms. The Hall–Kier alpha value is -3.68. The number of nitrogens with one attached hydrogen (secondary N) is 1. The molecule has 1 N–H and O–H groups in total. The molecule has 1 saturated carbocycles. The average Bonchev–Trinajstić information content (AvgIpc) is 3.12. The lowest BCUT2D eigenvalue weighted by atomic mass is 9.95. The minimum absolute atomic E-state index is 0.172. The Morgan fingerprint density at radius 1 is 1.06 bits per heavy atom. The van der Waals surface area contributed by atoms with Crippen molar-refractivity contribution in [2.24, 2.45) is 7.05 Å². The van der Waals surface area contributed by atoms with Crippen LogP contribution in [0.1, 0.15) is 53.6 Å². The monoisotopic (exact) mass is 445 g/mol. The standard InChI is InChI=1S/C25H27N5O3/c1-16-8-10-17(11-9-16)15-29-23(32)20-13-12-18(22(31)26-19-6-4-3-5-7-19)14-21(20)30-24(29)27-28(2)25(30)33/h8-14,19H,3-7,15H2,1-2H3,(H,26,31). The summed E-state index contributed by atoms with van der Waals surface area (Å²) in [5.74, 6) is 0.0723. The van der Waals surface area contributed by atoms with Crippen LogP contribution in [0.15, 0.2) is 52.1 Å². The van der Waals surface area contributed by atoms with Crippen LogP contribution in [0.2, 0.25) is 0 Å². The highest BCUT2D eigenvalue weighted by molar-refractivity contribution is 5.98. The fourth-order valence-corrected chi connectivity index (χ4v) is 4.65. The number of carbonyl (C=O) groups excluding carboxylic acids is 1. The van der Waals surface area contributed by atoms with Crippen molar-refractivity contribution in [1.82, 2.24) is 24.1 Å². The second kappa shape index (κ2) is 8.35. The summed E-state index contributed by atoms with van der Waals surface area (Å²) in [5, 5.41) is 7.81. The van der Waals surface area contributed by atoms with Crippen LogP contribution >= 0.6 is 0 Å². The molecule has 0 saturated heterocycles. The lowest BCUT2D eigenvalue weighted by Gasteiger charge is -2.22. The van der Waals surface area contributed by atoms with E-state index in [1.165, 1.54) is 20.1 Å². The second-order valence-corrected chi connectivity index (χ2v) is 8.96. The Kier molecular flexibility index (Phi) is 5.36. The summed E-state index contributed by atoms with van der Waals surface area (Å²) in [4.78, 5) is 39.3. The van der Waals surface area contributed by atoms with Gasteiger partial charge in [-0.3, -0.25) is 14.2 Å². The van der Waals surface area contributed by atoms with Gasteiger partial charge in [0.05, 0.1) is 17.4 Å². The van der Waals surface area contributed by atoms with Gasteiger partial charge in [0.2, 0.25) is 5.78 Å². The van der Waals surface area contributed by atoms with Crippen LogP contribution in [0.25, 0.3) is 16.7 Å². The molecule has 0 spiro atoms. The van der Waals surface area contributed by atoms with Crippen LogP contribution < -0.4 is 16.6 Å². The molecule has 1 amide bonds. The molecule has 0 atom stereocenters. The van der Waals surface area contributed by atoms with E-state index in [0.29, 0.717) is 23.0 Å². The number of benzene rings is 2. The van der Waals surface area contributed by atoms with Gasteiger partial charge in [-0.25, -0.2) is 13.9 Å². The predicted molar refractivity (Wildman–Crippen MR) is 127 cm³/mol. The highest BCUT2D eigenvalue weighted by Crippen LogP contribution is 2.19. The van der Waals surface area contributed by atoms with Crippen LogP contribution in [0.3, 0.4) is 0 Å². The van der Waals surface area contributed by atoms with Gasteiger partial charge in [0.15, 0.2) is 0 Å². The molecule has 1 fully saturated rings. The third kappa shape index (κ3) is 3.86. The summed E-state index contributed by atoms with van der Waals surface area (Å²) >= 11 is 0. The number of hydrogen-bond donors (Lipinski definition) is 1. The van der Waals surface area contributed by atoms with Crippen LogP contribution in [-0.4, -0.2) is 30.7 Å². The first kappa shape index (κ1) is 21.2. The molecule has 2 heterocycles. The van der Waals surface area contributed by atoms with Gasteiger partial charge < -0.3 is 5.32 Å². The van der Waals surface area contributed by atoms with Crippen molar-refractivity contribution in [2.45, 2.75) is 51.6 Å². The van der Waals surface area contributed by atoms with Crippen LogP contribution in [0.4, 0.5) is 0 Å². The summed E-state index contributed by atoms with van der Waals surface area (Å²) in [5.41, 5.74) is 2.28. The fraction of sp³-hybridized carbons (Fsp3) is 0.360. The maximum Gasteiger partial charge on any atom is 0.351 e. The number of amides is 1. The lowest BCUT2D eigenvalue weighted by Crippen LogP contribution is -2.36. The van der Waals surface area contributed by atoms with Gasteiger partial charge in [0.1, 0.15) is 0 Å². The number of nitrogens with zero attached hydrogens (tertiary/aromatic N) is 4. The van der Waals surface area contributed by atoms with E-state index in [9.17, 15) is 14.4 Å². The molecule has 2 aromatic heterocycles. The number of carbonyl (C=O) groups is 1. The smallest absolute Gasteiger partial charge is 0.349 e. The van der Waals surface area contributed by atoms with Gasteiger partial charge >= 0.3 is 5.69 Å². The van der Waals surface area contributed by atoms with E-state index >= 15 is 0 Å². The molecule has 1 aliphatic rings. The first-order valence-electron chi connectivity index (χ1n) is 11.4. The van der Waals surface area contributed by atoms with Crippen molar-refractivity contribution in [3.8, 4) is 0 Å². The topological polar surface area (TPSA) is 90.4 Å². The molecule has 0 bridgehead atoms. The van der Waals surface area contributed by atoms with Gasteiger partial charge in [0.25, 0.3) is 11.5 Å². The Labute approximate surface area is 190 Å². The van der Waals surface area contributed by atoms with E-state index in [2.05, 4.69) is 10.4 Å². The third-order valence-corrected chi connectivity index (χ3v) is 6.53. The van der Waals surface area contributed by atoms with Gasteiger partial charge in [-0.15, -0.1) is 5.10 Å². The molecule has 0 radical (unpaired) electrons. The molecule has 0 aliphatic heterocycles. The molecule has 170 valence electrons. The van der Waals surface area contributed by atoms with Crippen molar-refractivity contribution >= 4 is 22.6 Å². The van der Waals surface area contributed by atoms with E-state index in [4.69, 9.17) is 0 Å². The SMILES string of the molecule is Cc1ccc(Cn2c(=O)c3ccc(C(=O)NC4CCCCC4)cc3n3c(=O)n(C)nc23)cc1. The van der Waals surface area contributed by atoms with Crippen molar-refractivity contribution in [3.05, 3.63) is 80.0 Å². The molecular weight excluding hydrogens is 418 g/mol. The first-order valence-corrected chi connectivity index (χ1v) is 11.4. The predicted octanol–water partition coefficient (Wildman–Crippen LogP) is 2.77. The maximum absolute atomic E-state index is 13.4. The second-order valence-electron chi connectivity index (χ2n) is 8.96. The normalized spacial score (nSPS) is 14.7. The molecule has 2 aromatic carbocycles. The molecule has 1 aliphatic carbocycles. The highest BCUT2D eigenvalue weighted by atomic mass is 16.2. The Morgan fingerprint density at radius 2 is 1.79 bits per heavy atom. The summed E-state index contributed by atoms with van der Waals surface area (Å²) in [7, 11) is 1.56. The van der Waals surface area contributed by atoms with Gasteiger partial charge in [-0.2, -0.15) is 0 Å². The molecular formula is C25H27N5O3. The Morgan fingerprint density at radius 3 is 2.52 bits per heavy atom. The van der Waals surface area contributed by atoms with E-state index in [0.717, 1.165) is 36.8 Å². The highest BCUT2D eigenvalue weighted by Gasteiger charge is 2.20. The minimum atomic E-state index is -0.363. The van der Waals surface area contributed by atoms with Crippen LogP contribution in [0.5, 0.6) is 0 Å². The van der Waals surface area contributed by atoms with Crippen molar-refractivity contribution in [1.29, 1.82) is 0 Å². The van der Waals surface area contributed by atoms with Crippen molar-refractivity contribution in [2.75, 3.05) is 0 Å². The summed E-state index contributed by atoms with van der Waals surface area (Å²) in [6, 6.07) is 13.0. The first-order chi connectivity index (χ1) is 15.9. The molecule has 5 rings (SSSR count). The lowest BCUT2D eigenvalue weighted by molar-refractivity contribution is 0.0928. The van der Waals surface area contributed by atoms with E-state index in [1.54, 1.807) is 25.2 Å². The number of fused-ring (bicyclic) bond motifs is 3. The largest absolute Gasteiger partial charge is 0.351 e. The van der Waals surface area contributed by atoms with E-state index in [-0.39, 0.29) is 29.0 Å². The van der Waals surface area contributed by atoms with Gasteiger partial charge in [-0.1, -0.05) is 49.1 Å². The zero-order valence-corrected chi connectivity index (χ0v) is 18.9. The summed E-state index contributed by atoms with van der Waals surface area (Å²) < 4.78 is 4.15. The number of aryl methyl sites for hydroxylation is 2. The van der Waals surface area contributed by atoms with E-state index < -0.39 is 0 Å². The Balaban J connectivity index is 1.63. The maximum atomic E-state index is 13.4. The summed E-state index contributed by atoms with van der Waals surface area (Å²) in [6.07, 6.45) is 5.41. The average molecular weight is 446 g/mol. The minimum Gasteiger partial charge on any atom is -0.349 e. The Bertz CT molecular complexity index is 1470. The molecule has 8 nitrogen and oxygen atoms in total. The fourth-order valence-electron chi connectivity index (χ4n) is 4.65. The third-order valence-electron chi connectivity index (χ3n) is 6.53. The van der Waals surface area contributed by atoms with Crippen LogP contribution in [0, 0.1) is 6.92 Å². The van der Waals surface area contributed by atoms with Gasteiger partial charge in [-0.05, 0) is 43.5 Å². The zero-order valence-electron chi connectivity index (χ0n) is 18.9. The van der Waals surface area contributed by atoms with E-state index in [1.807, 2.05) is 31.2 Å². The van der Waals surface area contributed by atoms with Crippen LogP contribution in [-0.2, 0) is 13.6 Å². The van der Waals surface area contributed by atoms with Crippen molar-refractivity contribution < 1.29 is 4.79 Å². The molecule has 0 unspecified atom stereocenters. The quantitative estimate of drug-likeness (QED) is 0.523. The molecule has 4 aromatic rings. The summed E-state index contributed by atoms with van der Waals surface area (Å²) in [6.45, 7) is 2.30. The van der Waals surface area contributed by atoms with Crippen molar-refractivity contribution in [3.63, 3.8) is 0 Å². The number of aromatic nitrogens is 4. The zero-order chi connectivity index (χ0) is 23.1. The van der Waals surface area contributed by atoms with Gasteiger partial charge in [0, 0.05) is 18.7 Å². The number of rotatable bonds is 4. The molecule has 8 heteroatoms. The number of hydrogen-bond acceptors (Lipinski definition) is 4.